The molecule has 29 heavy (non-hydrogen) atoms. The molecular formula is C19H21N3O6S. The molecule has 0 saturated carbocycles. The first kappa shape index (κ1) is 20.7. The van der Waals surface area contributed by atoms with Crippen LogP contribution in [0.1, 0.15) is 5.56 Å². The smallest absolute Gasteiger partial charge is 0.289 e. The molecule has 0 atom stereocenters. The Labute approximate surface area is 168 Å². The van der Waals surface area contributed by atoms with E-state index in [-0.39, 0.29) is 43.6 Å². The van der Waals surface area contributed by atoms with Crippen molar-refractivity contribution in [3.63, 3.8) is 0 Å². The summed E-state index contributed by atoms with van der Waals surface area (Å²) >= 11 is 0. The Morgan fingerprint density at radius 3 is 2.34 bits per heavy atom. The van der Waals surface area contributed by atoms with Gasteiger partial charge < -0.3 is 9.64 Å². The van der Waals surface area contributed by atoms with E-state index in [0.29, 0.717) is 5.75 Å². The van der Waals surface area contributed by atoms with E-state index in [9.17, 15) is 23.3 Å². The van der Waals surface area contributed by atoms with E-state index in [0.717, 1.165) is 11.6 Å². The third-order valence-corrected chi connectivity index (χ3v) is 6.66. The lowest BCUT2D eigenvalue weighted by Crippen LogP contribution is -2.51. The molecule has 0 spiro atoms. The van der Waals surface area contributed by atoms with Gasteiger partial charge in [0, 0.05) is 32.2 Å². The number of ether oxygens (including phenoxy) is 1. The quantitative estimate of drug-likeness (QED) is 0.522. The Kier molecular flexibility index (Phi) is 6.14. The molecule has 0 radical (unpaired) electrons. The number of carbonyl (C=O) groups is 1. The molecule has 154 valence electrons. The number of nitro groups is 1. The second-order valence-corrected chi connectivity index (χ2v) is 8.47. The van der Waals surface area contributed by atoms with E-state index in [1.807, 2.05) is 25.1 Å². The van der Waals surface area contributed by atoms with Crippen LogP contribution in [0.25, 0.3) is 0 Å². The van der Waals surface area contributed by atoms with Gasteiger partial charge in [0.25, 0.3) is 11.6 Å². The molecule has 2 aromatic carbocycles. The Bertz CT molecular complexity index is 1020. The summed E-state index contributed by atoms with van der Waals surface area (Å²) in [6.07, 6.45) is 0. The zero-order valence-corrected chi connectivity index (χ0v) is 16.7. The second kappa shape index (κ2) is 8.58. The summed E-state index contributed by atoms with van der Waals surface area (Å²) in [5.41, 5.74) is 0.457. The maximum atomic E-state index is 12.8. The maximum absolute atomic E-state index is 12.8. The number of hydrogen-bond acceptors (Lipinski definition) is 6. The highest BCUT2D eigenvalue weighted by Crippen LogP contribution is 2.27. The van der Waals surface area contributed by atoms with E-state index in [2.05, 4.69) is 0 Å². The van der Waals surface area contributed by atoms with Gasteiger partial charge in [0.1, 0.15) is 5.75 Å². The first-order valence-electron chi connectivity index (χ1n) is 9.00. The number of sulfonamides is 1. The van der Waals surface area contributed by atoms with Crippen molar-refractivity contribution in [3.8, 4) is 5.75 Å². The molecule has 0 N–H and O–H groups in total. The number of rotatable bonds is 6. The predicted molar refractivity (Wildman–Crippen MR) is 105 cm³/mol. The number of amides is 1. The normalized spacial score (nSPS) is 15.1. The number of carbonyl (C=O) groups excluding carboxylic acids is 1. The molecule has 1 aliphatic rings. The summed E-state index contributed by atoms with van der Waals surface area (Å²) in [5.74, 6) is 0.384. The molecule has 1 aliphatic heterocycles. The molecular weight excluding hydrogens is 398 g/mol. The fraction of sp³-hybridized carbons (Fsp3) is 0.316. The molecule has 1 heterocycles. The third kappa shape index (κ3) is 4.54. The van der Waals surface area contributed by atoms with Crippen LogP contribution in [0.5, 0.6) is 5.75 Å². The van der Waals surface area contributed by atoms with Crippen LogP contribution in [0, 0.1) is 17.0 Å². The van der Waals surface area contributed by atoms with Gasteiger partial charge in [-0.2, -0.15) is 4.31 Å². The van der Waals surface area contributed by atoms with Crippen molar-refractivity contribution in [1.82, 2.24) is 9.21 Å². The van der Waals surface area contributed by atoms with Crippen LogP contribution in [0.3, 0.4) is 0 Å². The average molecular weight is 419 g/mol. The molecule has 1 fully saturated rings. The Morgan fingerprint density at radius 1 is 1.07 bits per heavy atom. The van der Waals surface area contributed by atoms with Gasteiger partial charge in [0.05, 0.1) is 4.92 Å². The monoisotopic (exact) mass is 419 g/mol. The Morgan fingerprint density at radius 2 is 1.69 bits per heavy atom. The fourth-order valence-corrected chi connectivity index (χ4v) is 4.67. The summed E-state index contributed by atoms with van der Waals surface area (Å²) in [6.45, 7) is 2.24. The van der Waals surface area contributed by atoms with Crippen molar-refractivity contribution in [3.05, 3.63) is 64.2 Å². The highest BCUT2D eigenvalue weighted by molar-refractivity contribution is 7.89. The molecule has 0 bridgehead atoms. The lowest BCUT2D eigenvalue weighted by Gasteiger charge is -2.33. The highest BCUT2D eigenvalue weighted by Gasteiger charge is 2.34. The number of aryl methyl sites for hydroxylation is 1. The predicted octanol–water partition coefficient (Wildman–Crippen LogP) is 1.82. The van der Waals surface area contributed by atoms with Gasteiger partial charge in [-0.25, -0.2) is 8.42 Å². The summed E-state index contributed by atoms with van der Waals surface area (Å²) in [7, 11) is -4.03. The first-order valence-corrected chi connectivity index (χ1v) is 10.4. The maximum Gasteiger partial charge on any atom is 0.289 e. The largest absolute Gasteiger partial charge is 0.484 e. The van der Waals surface area contributed by atoms with E-state index in [1.165, 1.54) is 27.4 Å². The van der Waals surface area contributed by atoms with E-state index >= 15 is 0 Å². The van der Waals surface area contributed by atoms with E-state index < -0.39 is 20.6 Å². The minimum atomic E-state index is -4.03. The average Bonchev–Trinajstić information content (AvgIpc) is 2.73. The second-order valence-electron chi connectivity index (χ2n) is 6.56. The number of nitrogens with zero attached hydrogens (tertiary/aromatic N) is 3. The zero-order valence-electron chi connectivity index (χ0n) is 15.9. The molecule has 1 amide bonds. The summed E-state index contributed by atoms with van der Waals surface area (Å²) in [4.78, 5) is 24.0. The zero-order chi connectivity index (χ0) is 21.0. The van der Waals surface area contributed by atoms with Crippen molar-refractivity contribution in [1.29, 1.82) is 0 Å². The highest BCUT2D eigenvalue weighted by atomic mass is 32.2. The van der Waals surface area contributed by atoms with Gasteiger partial charge >= 0.3 is 0 Å². The van der Waals surface area contributed by atoms with Crippen LogP contribution >= 0.6 is 0 Å². The molecule has 9 nitrogen and oxygen atoms in total. The number of piperazine rings is 1. The van der Waals surface area contributed by atoms with Crippen molar-refractivity contribution < 1.29 is 22.9 Å². The van der Waals surface area contributed by atoms with Gasteiger partial charge in [-0.05, 0) is 24.6 Å². The molecule has 3 rings (SSSR count). The van der Waals surface area contributed by atoms with Crippen LogP contribution in [0.15, 0.2) is 53.4 Å². The minimum absolute atomic E-state index is 0.0600. The molecule has 10 heteroatoms. The minimum Gasteiger partial charge on any atom is -0.484 e. The summed E-state index contributed by atoms with van der Waals surface area (Å²) in [6, 6.07) is 12.6. The van der Waals surface area contributed by atoms with Crippen LogP contribution in [0.4, 0.5) is 5.69 Å². The van der Waals surface area contributed by atoms with E-state index in [1.54, 1.807) is 6.07 Å². The van der Waals surface area contributed by atoms with Crippen molar-refractivity contribution in [2.45, 2.75) is 11.8 Å². The molecule has 0 unspecified atom stereocenters. The Balaban J connectivity index is 1.62. The molecule has 1 saturated heterocycles. The SMILES string of the molecule is Cc1ccccc1OCC(=O)N1CCN(S(=O)(=O)c2ccccc2[N+](=O)[O-])CC1. The van der Waals surface area contributed by atoms with Gasteiger partial charge in [-0.15, -0.1) is 0 Å². The number of nitro benzene ring substituents is 1. The van der Waals surface area contributed by atoms with Crippen LogP contribution in [-0.4, -0.2) is 61.2 Å². The lowest BCUT2D eigenvalue weighted by atomic mass is 10.2. The number of benzene rings is 2. The topological polar surface area (TPSA) is 110 Å². The van der Waals surface area contributed by atoms with Gasteiger partial charge in [0.2, 0.25) is 10.0 Å². The van der Waals surface area contributed by atoms with Crippen LogP contribution in [-0.2, 0) is 14.8 Å². The lowest BCUT2D eigenvalue weighted by molar-refractivity contribution is -0.387. The molecule has 2 aromatic rings. The standard InChI is InChI=1S/C19H21N3O6S/c1-15-6-2-4-8-17(15)28-14-19(23)20-10-12-21(13-11-20)29(26,27)18-9-5-3-7-16(18)22(24)25/h2-9H,10-14H2,1H3. The van der Waals surface area contributed by atoms with Gasteiger partial charge in [-0.3, -0.25) is 14.9 Å². The number of para-hydroxylation sites is 2. The summed E-state index contributed by atoms with van der Waals surface area (Å²) in [5, 5.41) is 11.2. The van der Waals surface area contributed by atoms with Gasteiger partial charge in [0.15, 0.2) is 11.5 Å². The van der Waals surface area contributed by atoms with Crippen molar-refractivity contribution in [2.75, 3.05) is 32.8 Å². The van der Waals surface area contributed by atoms with Gasteiger partial charge in [-0.1, -0.05) is 30.3 Å². The van der Waals surface area contributed by atoms with Crippen LogP contribution < -0.4 is 4.74 Å². The third-order valence-electron chi connectivity index (χ3n) is 4.72. The molecule has 0 aromatic heterocycles. The van der Waals surface area contributed by atoms with Crippen molar-refractivity contribution in [2.24, 2.45) is 0 Å². The Hall–Kier alpha value is -2.98. The summed E-state index contributed by atoms with van der Waals surface area (Å²) < 4.78 is 32.4. The fourth-order valence-electron chi connectivity index (χ4n) is 3.09. The molecule has 0 aliphatic carbocycles. The van der Waals surface area contributed by atoms with Crippen molar-refractivity contribution >= 4 is 21.6 Å². The van der Waals surface area contributed by atoms with E-state index in [4.69, 9.17) is 4.74 Å². The first-order chi connectivity index (χ1) is 13.8. The van der Waals surface area contributed by atoms with Crippen LogP contribution in [0.2, 0.25) is 0 Å². The number of hydrogen-bond donors (Lipinski definition) is 0.